The molecular weight excluding hydrogens is 615 g/mol. The van der Waals surface area contributed by atoms with Gasteiger partial charge in [-0.2, -0.15) is 13.2 Å². The molecule has 3 aromatic carbocycles. The summed E-state index contributed by atoms with van der Waals surface area (Å²) in [6, 6.07) is 13.6. The third-order valence-electron chi connectivity index (χ3n) is 8.45. The second-order valence-corrected chi connectivity index (χ2v) is 13.6. The van der Waals surface area contributed by atoms with Crippen LogP contribution in [0, 0.1) is 11.6 Å². The van der Waals surface area contributed by atoms with Gasteiger partial charge in [0.15, 0.2) is 0 Å². The molecule has 1 saturated heterocycles. The molecule has 4 rings (SSSR count). The van der Waals surface area contributed by atoms with Gasteiger partial charge in [-0.1, -0.05) is 24.3 Å². The van der Waals surface area contributed by atoms with E-state index in [9.17, 15) is 35.2 Å². The first-order valence-electron chi connectivity index (χ1n) is 14.4. The van der Waals surface area contributed by atoms with Gasteiger partial charge in [0, 0.05) is 30.9 Å². The molecule has 0 aliphatic carbocycles. The van der Waals surface area contributed by atoms with Crippen molar-refractivity contribution in [3.8, 4) is 0 Å². The molecule has 1 fully saturated rings. The molecule has 0 saturated carbocycles. The van der Waals surface area contributed by atoms with Crippen molar-refractivity contribution < 1.29 is 35.2 Å². The van der Waals surface area contributed by atoms with Crippen molar-refractivity contribution in [3.63, 3.8) is 0 Å². The van der Waals surface area contributed by atoms with E-state index in [0.29, 0.717) is 49.2 Å². The molecule has 0 aromatic heterocycles. The molecule has 2 N–H and O–H groups in total. The Hall–Kier alpha value is -3.71. The van der Waals surface area contributed by atoms with Gasteiger partial charge < -0.3 is 15.1 Å². The van der Waals surface area contributed by atoms with E-state index in [1.807, 2.05) is 25.1 Å². The van der Waals surface area contributed by atoms with E-state index in [0.717, 1.165) is 30.0 Å². The lowest BCUT2D eigenvalue weighted by molar-refractivity contribution is -0.137. The first-order valence-corrected chi connectivity index (χ1v) is 16.3. The maximum absolute atomic E-state index is 14.5. The first-order chi connectivity index (χ1) is 21.0. The molecular formula is C32H37F5N4O3S. The van der Waals surface area contributed by atoms with Crippen LogP contribution in [0.5, 0.6) is 0 Å². The largest absolute Gasteiger partial charge is 0.416 e. The zero-order chi connectivity index (χ0) is 33.2. The van der Waals surface area contributed by atoms with Gasteiger partial charge in [-0.3, -0.25) is 9.52 Å². The SMILES string of the molecule is CC(C(=O)NCc1ccc(C(F)(F)F)cc1N1CCC(Cc2cccc(F)c2)(N(C)C)CC1)c1ccc(NS(C)(=O)=O)c(F)c1. The number of hydrogen-bond donors (Lipinski definition) is 2. The van der Waals surface area contributed by atoms with Crippen molar-refractivity contribution >= 4 is 27.3 Å². The Morgan fingerprint density at radius 2 is 1.71 bits per heavy atom. The van der Waals surface area contributed by atoms with E-state index in [1.165, 1.54) is 30.3 Å². The number of piperidine rings is 1. The van der Waals surface area contributed by atoms with E-state index in [4.69, 9.17) is 0 Å². The summed E-state index contributed by atoms with van der Waals surface area (Å²) in [5.74, 6) is -2.48. The van der Waals surface area contributed by atoms with Gasteiger partial charge in [-0.25, -0.2) is 17.2 Å². The van der Waals surface area contributed by atoms with Gasteiger partial charge in [0.2, 0.25) is 15.9 Å². The number of alkyl halides is 3. The Morgan fingerprint density at radius 1 is 1.02 bits per heavy atom. The fourth-order valence-electron chi connectivity index (χ4n) is 5.73. The van der Waals surface area contributed by atoms with Crippen LogP contribution >= 0.6 is 0 Å². The zero-order valence-electron chi connectivity index (χ0n) is 25.5. The van der Waals surface area contributed by atoms with Gasteiger partial charge in [0.25, 0.3) is 0 Å². The number of hydrogen-bond acceptors (Lipinski definition) is 5. The van der Waals surface area contributed by atoms with Crippen LogP contribution in [-0.2, 0) is 34.0 Å². The molecule has 7 nitrogen and oxygen atoms in total. The Bertz CT molecular complexity index is 1640. The van der Waals surface area contributed by atoms with Crippen LogP contribution in [0.15, 0.2) is 60.7 Å². The quantitative estimate of drug-likeness (QED) is 0.266. The van der Waals surface area contributed by atoms with Gasteiger partial charge in [0.05, 0.1) is 23.4 Å². The lowest BCUT2D eigenvalue weighted by Crippen LogP contribution is -2.54. The lowest BCUT2D eigenvalue weighted by Gasteiger charge is -2.47. The summed E-state index contributed by atoms with van der Waals surface area (Å²) in [5, 5.41) is 2.76. The van der Waals surface area contributed by atoms with Gasteiger partial charge >= 0.3 is 6.18 Å². The fraction of sp³-hybridized carbons (Fsp3) is 0.406. The molecule has 0 radical (unpaired) electrons. The van der Waals surface area contributed by atoms with Crippen molar-refractivity contribution in [2.45, 2.75) is 50.4 Å². The minimum atomic E-state index is -4.56. The smallest absolute Gasteiger partial charge is 0.371 e. The molecule has 0 bridgehead atoms. The number of amides is 1. The van der Waals surface area contributed by atoms with Crippen molar-refractivity contribution in [2.24, 2.45) is 0 Å². The predicted octanol–water partition coefficient (Wildman–Crippen LogP) is 5.92. The monoisotopic (exact) mass is 652 g/mol. The molecule has 0 spiro atoms. The maximum atomic E-state index is 14.5. The summed E-state index contributed by atoms with van der Waals surface area (Å²) in [6.07, 6.45) is -1.85. The third kappa shape index (κ3) is 8.51. The number of carbonyl (C=O) groups is 1. The summed E-state index contributed by atoms with van der Waals surface area (Å²) in [6.45, 7) is 2.37. The average Bonchev–Trinajstić information content (AvgIpc) is 2.95. The van der Waals surface area contributed by atoms with Gasteiger partial charge in [-0.05, 0) is 93.4 Å². The second kappa shape index (κ2) is 13.3. The molecule has 244 valence electrons. The molecule has 1 atom stereocenters. The second-order valence-electron chi connectivity index (χ2n) is 11.8. The van der Waals surface area contributed by atoms with E-state index in [-0.39, 0.29) is 23.6 Å². The minimum absolute atomic E-state index is 0.0640. The summed E-state index contributed by atoms with van der Waals surface area (Å²) < 4.78 is 94.6. The first kappa shape index (κ1) is 34.2. The van der Waals surface area contributed by atoms with Crippen LogP contribution in [0.25, 0.3) is 0 Å². The standard InChI is InChI=1S/C32H37F5N4O3S/c1-21(23-9-11-28(27(34)17-23)39-45(4,43)44)30(42)38-20-24-8-10-25(32(35,36)37)18-29(24)41-14-12-31(13-15-41,40(2)3)19-22-6-5-7-26(33)16-22/h5-11,16-18,21,39H,12-15,19-20H2,1-4H3,(H,38,42). The van der Waals surface area contributed by atoms with Crippen molar-refractivity contribution in [1.29, 1.82) is 0 Å². The lowest BCUT2D eigenvalue weighted by atomic mass is 9.80. The van der Waals surface area contributed by atoms with Crippen LogP contribution in [-0.4, -0.2) is 58.2 Å². The normalized spacial score (nSPS) is 16.0. The van der Waals surface area contributed by atoms with Gasteiger partial charge in [0.1, 0.15) is 11.6 Å². The Kier molecular flexibility index (Phi) is 10.1. The van der Waals surface area contributed by atoms with Crippen LogP contribution in [0.3, 0.4) is 0 Å². The van der Waals surface area contributed by atoms with Crippen molar-refractivity contribution in [1.82, 2.24) is 10.2 Å². The average molecular weight is 653 g/mol. The Morgan fingerprint density at radius 3 is 2.29 bits per heavy atom. The van der Waals surface area contributed by atoms with Crippen molar-refractivity contribution in [2.75, 3.05) is 43.1 Å². The van der Waals surface area contributed by atoms with Crippen LogP contribution in [0.2, 0.25) is 0 Å². The van der Waals surface area contributed by atoms with Crippen molar-refractivity contribution in [3.05, 3.63) is 94.6 Å². The predicted molar refractivity (Wildman–Crippen MR) is 165 cm³/mol. The molecule has 45 heavy (non-hydrogen) atoms. The number of rotatable bonds is 10. The number of halogens is 5. The summed E-state index contributed by atoms with van der Waals surface area (Å²) in [5.41, 5.74) is 0.614. The molecule has 1 heterocycles. The van der Waals surface area contributed by atoms with E-state index < -0.39 is 39.4 Å². The summed E-state index contributed by atoms with van der Waals surface area (Å²) in [4.78, 5) is 17.0. The molecule has 13 heteroatoms. The number of likely N-dealkylation sites (N-methyl/N-ethyl adjacent to an activating group) is 1. The fourth-order valence-corrected chi connectivity index (χ4v) is 6.29. The highest BCUT2D eigenvalue weighted by Gasteiger charge is 2.38. The Balaban J connectivity index is 1.51. The molecule has 1 aliphatic rings. The molecule has 1 amide bonds. The highest BCUT2D eigenvalue weighted by atomic mass is 32.2. The number of sulfonamides is 1. The highest BCUT2D eigenvalue weighted by molar-refractivity contribution is 7.92. The topological polar surface area (TPSA) is 81.8 Å². The van der Waals surface area contributed by atoms with Gasteiger partial charge in [-0.15, -0.1) is 0 Å². The molecule has 1 unspecified atom stereocenters. The highest BCUT2D eigenvalue weighted by Crippen LogP contribution is 2.38. The van der Waals surface area contributed by atoms with E-state index >= 15 is 0 Å². The number of nitrogens with zero attached hydrogens (tertiary/aromatic N) is 2. The number of carbonyl (C=O) groups excluding carboxylic acids is 1. The Labute approximate surface area is 260 Å². The van der Waals surface area contributed by atoms with Crippen LogP contribution in [0.1, 0.15) is 47.9 Å². The zero-order valence-corrected chi connectivity index (χ0v) is 26.3. The molecule has 3 aromatic rings. The maximum Gasteiger partial charge on any atom is 0.416 e. The molecule has 1 aliphatic heterocycles. The number of anilines is 2. The van der Waals surface area contributed by atoms with Crippen LogP contribution < -0.4 is 14.9 Å². The van der Waals surface area contributed by atoms with E-state index in [2.05, 4.69) is 14.9 Å². The van der Waals surface area contributed by atoms with E-state index in [1.54, 1.807) is 13.0 Å². The minimum Gasteiger partial charge on any atom is -0.371 e. The third-order valence-corrected chi connectivity index (χ3v) is 9.04. The number of nitrogens with one attached hydrogen (secondary N) is 2. The summed E-state index contributed by atoms with van der Waals surface area (Å²) >= 11 is 0. The van der Waals surface area contributed by atoms with Crippen LogP contribution in [0.4, 0.5) is 33.3 Å². The summed E-state index contributed by atoms with van der Waals surface area (Å²) in [7, 11) is 0.194. The number of benzene rings is 3.